The van der Waals surface area contributed by atoms with Gasteiger partial charge in [-0.05, 0) is 61.9 Å². The first-order valence-corrected chi connectivity index (χ1v) is 9.70. The molecule has 0 aliphatic carbocycles. The van der Waals surface area contributed by atoms with Crippen LogP contribution in [0.15, 0.2) is 73.1 Å². The molecule has 0 saturated heterocycles. The number of fused-ring (bicyclic) bond motifs is 1. The van der Waals surface area contributed by atoms with E-state index in [1.807, 2.05) is 84.4 Å². The molecule has 0 spiro atoms. The van der Waals surface area contributed by atoms with Gasteiger partial charge in [0.1, 0.15) is 17.1 Å². The van der Waals surface area contributed by atoms with Gasteiger partial charge in [0, 0.05) is 18.0 Å². The molecule has 0 saturated carbocycles. The molecule has 1 unspecified atom stereocenters. The summed E-state index contributed by atoms with van der Waals surface area (Å²) in [5.74, 6) is 0.944. The van der Waals surface area contributed by atoms with E-state index in [0.29, 0.717) is 17.2 Å². The van der Waals surface area contributed by atoms with E-state index in [2.05, 4.69) is 5.32 Å². The Morgan fingerprint density at radius 3 is 2.67 bits per heavy atom. The van der Waals surface area contributed by atoms with E-state index in [-0.39, 0.29) is 5.91 Å². The molecule has 2 aromatic carbocycles. The maximum atomic E-state index is 12.7. The fourth-order valence-corrected chi connectivity index (χ4v) is 3.18. The Morgan fingerprint density at radius 1 is 1.10 bits per heavy atom. The summed E-state index contributed by atoms with van der Waals surface area (Å²) in [5, 5.41) is 2.91. The van der Waals surface area contributed by atoms with Crippen LogP contribution in [0.1, 0.15) is 12.5 Å². The number of nitrogens with zero attached hydrogens (tertiary/aromatic N) is 2. The van der Waals surface area contributed by atoms with Crippen LogP contribution in [0.25, 0.3) is 16.9 Å². The Bertz CT molecular complexity index is 1190. The van der Waals surface area contributed by atoms with Crippen molar-refractivity contribution in [3.8, 4) is 22.8 Å². The largest absolute Gasteiger partial charge is 0.495 e. The highest BCUT2D eigenvalue weighted by Crippen LogP contribution is 2.31. The molecule has 0 bridgehead atoms. The summed E-state index contributed by atoms with van der Waals surface area (Å²) in [6, 6.07) is 18.9. The number of carbonyl (C=O) groups excluding carboxylic acids is 1. The average Bonchev–Trinajstić information content (AvgIpc) is 3.17. The molecule has 0 fully saturated rings. The summed E-state index contributed by atoms with van der Waals surface area (Å²) in [6.45, 7) is 3.75. The second-order valence-corrected chi connectivity index (χ2v) is 7.07. The fourth-order valence-electron chi connectivity index (χ4n) is 3.18. The molecule has 6 nitrogen and oxygen atoms in total. The number of benzene rings is 2. The predicted octanol–water partition coefficient (Wildman–Crippen LogP) is 4.72. The molecule has 4 rings (SSSR count). The first-order valence-electron chi connectivity index (χ1n) is 9.70. The van der Waals surface area contributed by atoms with Crippen LogP contribution < -0.4 is 14.8 Å². The number of nitrogens with one attached hydrogen (secondary N) is 1. The highest BCUT2D eigenvalue weighted by Gasteiger charge is 2.18. The van der Waals surface area contributed by atoms with Crippen LogP contribution in [0.3, 0.4) is 0 Å². The number of hydrogen-bond donors (Lipinski definition) is 1. The van der Waals surface area contributed by atoms with E-state index >= 15 is 0 Å². The zero-order valence-corrected chi connectivity index (χ0v) is 17.1. The number of aryl methyl sites for hydroxylation is 1. The zero-order valence-electron chi connectivity index (χ0n) is 17.1. The number of aromatic nitrogens is 2. The zero-order chi connectivity index (χ0) is 21.1. The summed E-state index contributed by atoms with van der Waals surface area (Å²) in [6.07, 6.45) is 3.28. The number of hydrogen-bond acceptors (Lipinski definition) is 4. The average molecular weight is 401 g/mol. The highest BCUT2D eigenvalue weighted by molar-refractivity contribution is 5.96. The Kier molecular flexibility index (Phi) is 5.39. The van der Waals surface area contributed by atoms with Gasteiger partial charge in [0.05, 0.1) is 18.5 Å². The number of carbonyl (C=O) groups is 1. The van der Waals surface area contributed by atoms with Gasteiger partial charge in [-0.25, -0.2) is 4.98 Å². The van der Waals surface area contributed by atoms with E-state index in [4.69, 9.17) is 14.5 Å². The van der Waals surface area contributed by atoms with Gasteiger partial charge in [0.15, 0.2) is 6.10 Å². The SMILES string of the molecule is COc1ccc(-c2cn3ccc(C)cc3n2)cc1NC(=O)C(C)Oc1ccccc1. The van der Waals surface area contributed by atoms with Gasteiger partial charge in [-0.3, -0.25) is 4.79 Å². The molecule has 0 aliphatic rings. The smallest absolute Gasteiger partial charge is 0.265 e. The predicted molar refractivity (Wildman–Crippen MR) is 117 cm³/mol. The van der Waals surface area contributed by atoms with Crippen LogP contribution in [0.2, 0.25) is 0 Å². The van der Waals surface area contributed by atoms with Crippen LogP contribution in [0.4, 0.5) is 5.69 Å². The summed E-state index contributed by atoms with van der Waals surface area (Å²) >= 11 is 0. The number of para-hydroxylation sites is 1. The molecule has 1 N–H and O–H groups in total. The van der Waals surface area contributed by atoms with Crippen molar-refractivity contribution in [3.05, 3.63) is 78.6 Å². The number of ether oxygens (including phenoxy) is 2. The second kappa shape index (κ2) is 8.29. The monoisotopic (exact) mass is 401 g/mol. The molecule has 1 atom stereocenters. The van der Waals surface area contributed by atoms with Gasteiger partial charge < -0.3 is 19.2 Å². The van der Waals surface area contributed by atoms with Gasteiger partial charge in [0.25, 0.3) is 5.91 Å². The normalized spacial score (nSPS) is 11.8. The van der Waals surface area contributed by atoms with Crippen molar-refractivity contribution in [2.45, 2.75) is 20.0 Å². The molecule has 6 heteroatoms. The van der Waals surface area contributed by atoms with Crippen molar-refractivity contribution in [2.75, 3.05) is 12.4 Å². The van der Waals surface area contributed by atoms with Crippen molar-refractivity contribution >= 4 is 17.2 Å². The van der Waals surface area contributed by atoms with E-state index < -0.39 is 6.10 Å². The second-order valence-electron chi connectivity index (χ2n) is 7.07. The van der Waals surface area contributed by atoms with Gasteiger partial charge in [-0.15, -0.1) is 0 Å². The minimum atomic E-state index is -0.668. The quantitative estimate of drug-likeness (QED) is 0.508. The lowest BCUT2D eigenvalue weighted by Crippen LogP contribution is -2.30. The molecular formula is C24H23N3O3. The molecule has 1 amide bonds. The highest BCUT2D eigenvalue weighted by atomic mass is 16.5. The van der Waals surface area contributed by atoms with Crippen molar-refractivity contribution < 1.29 is 14.3 Å². The van der Waals surface area contributed by atoms with E-state index in [1.54, 1.807) is 14.0 Å². The minimum Gasteiger partial charge on any atom is -0.495 e. The minimum absolute atomic E-state index is 0.264. The molecule has 30 heavy (non-hydrogen) atoms. The summed E-state index contributed by atoms with van der Waals surface area (Å²) in [4.78, 5) is 17.4. The summed E-state index contributed by atoms with van der Waals surface area (Å²) < 4.78 is 13.1. The fraction of sp³-hybridized carbons (Fsp3) is 0.167. The van der Waals surface area contributed by atoms with Gasteiger partial charge in [-0.1, -0.05) is 18.2 Å². The van der Waals surface area contributed by atoms with E-state index in [0.717, 1.165) is 22.5 Å². The Morgan fingerprint density at radius 2 is 1.90 bits per heavy atom. The van der Waals surface area contributed by atoms with Crippen molar-refractivity contribution in [3.63, 3.8) is 0 Å². The molecule has 0 radical (unpaired) electrons. The van der Waals surface area contributed by atoms with Crippen LogP contribution in [-0.4, -0.2) is 28.5 Å². The van der Waals surface area contributed by atoms with Gasteiger partial charge in [0.2, 0.25) is 0 Å². The number of rotatable bonds is 6. The third-order valence-corrected chi connectivity index (χ3v) is 4.79. The van der Waals surface area contributed by atoms with E-state index in [9.17, 15) is 4.79 Å². The maximum absolute atomic E-state index is 12.7. The molecule has 4 aromatic rings. The first kappa shape index (κ1) is 19.5. The van der Waals surface area contributed by atoms with Crippen LogP contribution in [0, 0.1) is 6.92 Å². The van der Waals surface area contributed by atoms with Crippen molar-refractivity contribution in [1.29, 1.82) is 0 Å². The standard InChI is InChI=1S/C24H23N3O3/c1-16-11-12-27-15-21(25-23(27)13-16)18-9-10-22(29-3)20(14-18)26-24(28)17(2)30-19-7-5-4-6-8-19/h4-15,17H,1-3H3,(H,26,28). The lowest BCUT2D eigenvalue weighted by molar-refractivity contribution is -0.122. The van der Waals surface area contributed by atoms with Crippen LogP contribution in [-0.2, 0) is 4.79 Å². The van der Waals surface area contributed by atoms with Crippen molar-refractivity contribution in [2.24, 2.45) is 0 Å². The van der Waals surface area contributed by atoms with Crippen molar-refractivity contribution in [1.82, 2.24) is 9.38 Å². The first-order chi connectivity index (χ1) is 14.5. The summed E-state index contributed by atoms with van der Waals surface area (Å²) in [5.41, 5.74) is 4.28. The Balaban J connectivity index is 1.58. The summed E-state index contributed by atoms with van der Waals surface area (Å²) in [7, 11) is 1.57. The lowest BCUT2D eigenvalue weighted by Gasteiger charge is -2.16. The molecule has 2 heterocycles. The Labute approximate surface area is 175 Å². The van der Waals surface area contributed by atoms with Gasteiger partial charge >= 0.3 is 0 Å². The third kappa shape index (κ3) is 4.12. The molecular weight excluding hydrogens is 378 g/mol. The van der Waals surface area contributed by atoms with Crippen LogP contribution in [0.5, 0.6) is 11.5 Å². The third-order valence-electron chi connectivity index (χ3n) is 4.79. The molecule has 152 valence electrons. The number of anilines is 1. The number of methoxy groups -OCH3 is 1. The van der Waals surface area contributed by atoms with Gasteiger partial charge in [-0.2, -0.15) is 0 Å². The van der Waals surface area contributed by atoms with E-state index in [1.165, 1.54) is 0 Å². The Hall–Kier alpha value is -3.80. The van der Waals surface area contributed by atoms with Crippen LogP contribution >= 0.6 is 0 Å². The topological polar surface area (TPSA) is 64.9 Å². The molecule has 0 aliphatic heterocycles. The number of imidazole rings is 1. The molecule has 2 aromatic heterocycles. The number of pyridine rings is 1. The number of amides is 1. The maximum Gasteiger partial charge on any atom is 0.265 e. The lowest BCUT2D eigenvalue weighted by atomic mass is 10.1.